The second-order valence-electron chi connectivity index (χ2n) is 18.8. The highest BCUT2D eigenvalue weighted by Crippen LogP contribution is 2.50. The summed E-state index contributed by atoms with van der Waals surface area (Å²) < 4.78 is 10.6. The average Bonchev–Trinajstić information content (AvgIpc) is 3.72. The highest BCUT2D eigenvalue weighted by molar-refractivity contribution is 7.36. The van der Waals surface area contributed by atoms with E-state index in [-0.39, 0.29) is 0 Å². The Bertz CT molecular complexity index is 2290. The quantitative estimate of drug-likeness (QED) is 0.103. The molecule has 4 heterocycles. The molecule has 4 atom stereocenters. The van der Waals surface area contributed by atoms with Gasteiger partial charge in [0.15, 0.2) is 0 Å². The molecule has 0 N–H and O–H groups in total. The van der Waals surface area contributed by atoms with E-state index in [0.717, 1.165) is 24.6 Å². The Balaban J connectivity index is 1.70. The molecule has 4 unspecified atom stereocenters. The van der Waals surface area contributed by atoms with Crippen LogP contribution in [0.2, 0.25) is 0 Å². The lowest BCUT2D eigenvalue weighted by Gasteiger charge is -2.30. The van der Waals surface area contributed by atoms with Gasteiger partial charge in [0.1, 0.15) is 0 Å². The number of rotatable bonds is 13. The van der Waals surface area contributed by atoms with Crippen LogP contribution >= 0.6 is 34.9 Å². The largest absolute Gasteiger partial charge is 0.330 e. The SMILES string of the molecule is Cc1c(C)c(CPn2c(C)c(C)c(C)c2C)c(-c2c(CPn3c(C)c(C)c(C)c3C)c(C)c(C)c(C)c2CPn2c(C)c(C)c(C)c2C)c(CPn2c(C)c(C)c(C)c2C)c1C. The van der Waals surface area contributed by atoms with Crippen molar-refractivity contribution in [1.29, 1.82) is 0 Å². The summed E-state index contributed by atoms with van der Waals surface area (Å²) in [5, 5.41) is 0. The third kappa shape index (κ3) is 8.14. The molecule has 0 fully saturated rings. The molecule has 0 saturated carbocycles. The molecule has 62 heavy (non-hydrogen) atoms. The maximum absolute atomic E-state index is 2.64. The summed E-state index contributed by atoms with van der Waals surface area (Å²) in [6.45, 7) is 51.8. The summed E-state index contributed by atoms with van der Waals surface area (Å²) in [4.78, 5) is 0. The molecule has 4 nitrogen and oxygen atoms in total. The molecule has 6 aromatic rings. The van der Waals surface area contributed by atoms with Crippen molar-refractivity contribution in [3.05, 3.63) is 146 Å². The molecular weight excluding hydrogens is 829 g/mol. The third-order valence-corrected chi connectivity index (χ3v) is 22.4. The first kappa shape index (κ1) is 48.7. The van der Waals surface area contributed by atoms with Crippen molar-refractivity contribution >= 4 is 34.9 Å². The molecule has 2 aromatic carbocycles. The zero-order valence-electron chi connectivity index (χ0n) is 42.6. The monoisotopic (exact) mass is 907 g/mol. The molecule has 0 spiro atoms. The Labute approximate surface area is 384 Å². The molecule has 8 heteroatoms. The second-order valence-corrected chi connectivity index (χ2v) is 23.2. The molecule has 6 rings (SSSR count). The summed E-state index contributed by atoms with van der Waals surface area (Å²) in [7, 11) is 2.58. The van der Waals surface area contributed by atoms with Gasteiger partial charge in [0.05, 0.1) is 0 Å². The van der Waals surface area contributed by atoms with E-state index in [0.29, 0.717) is 34.9 Å². The van der Waals surface area contributed by atoms with E-state index in [1.165, 1.54) is 123 Å². The lowest BCUT2D eigenvalue weighted by Crippen LogP contribution is -2.11. The van der Waals surface area contributed by atoms with Gasteiger partial charge in [0, 0.05) is 70.2 Å². The van der Waals surface area contributed by atoms with Gasteiger partial charge in [-0.25, -0.2) is 0 Å². The fourth-order valence-corrected chi connectivity index (χ4v) is 16.4. The van der Waals surface area contributed by atoms with E-state index in [1.807, 2.05) is 0 Å². The summed E-state index contributed by atoms with van der Waals surface area (Å²) in [6.07, 6.45) is 4.13. The van der Waals surface area contributed by atoms with Crippen molar-refractivity contribution in [2.45, 2.75) is 177 Å². The smallest absolute Gasteiger partial charge is 0.0213 e. The van der Waals surface area contributed by atoms with Crippen molar-refractivity contribution in [2.75, 3.05) is 0 Å². The van der Waals surface area contributed by atoms with Crippen LogP contribution in [-0.4, -0.2) is 17.4 Å². The lowest BCUT2D eigenvalue weighted by molar-refractivity contribution is 1.05. The van der Waals surface area contributed by atoms with Gasteiger partial charge in [-0.3, -0.25) is 0 Å². The number of hydrogen-bond acceptors (Lipinski definition) is 0. The molecule has 0 aliphatic heterocycles. The summed E-state index contributed by atoms with van der Waals surface area (Å²) >= 11 is 0. The van der Waals surface area contributed by atoms with Crippen LogP contribution in [0.25, 0.3) is 11.1 Å². The molecule has 0 aliphatic rings. The summed E-state index contributed by atoms with van der Waals surface area (Å²) in [5.41, 5.74) is 41.2. The maximum Gasteiger partial charge on any atom is 0.0213 e. The van der Waals surface area contributed by atoms with Gasteiger partial charge < -0.3 is 17.4 Å². The van der Waals surface area contributed by atoms with Crippen molar-refractivity contribution in [3.8, 4) is 11.1 Å². The normalized spacial score (nSPS) is 12.7. The van der Waals surface area contributed by atoms with Crippen LogP contribution in [0.4, 0.5) is 0 Å². The average molecular weight is 907 g/mol. The van der Waals surface area contributed by atoms with E-state index in [1.54, 1.807) is 33.4 Å². The molecule has 0 aliphatic carbocycles. The fourth-order valence-electron chi connectivity index (χ4n) is 10.2. The van der Waals surface area contributed by atoms with Crippen LogP contribution in [-0.2, 0) is 24.6 Å². The van der Waals surface area contributed by atoms with E-state index in [9.17, 15) is 0 Å². The van der Waals surface area contributed by atoms with Crippen LogP contribution in [0, 0.1) is 152 Å². The van der Waals surface area contributed by atoms with Gasteiger partial charge in [-0.15, -0.1) is 0 Å². The van der Waals surface area contributed by atoms with Crippen molar-refractivity contribution in [3.63, 3.8) is 0 Å². The first-order chi connectivity index (χ1) is 29.0. The van der Waals surface area contributed by atoms with Gasteiger partial charge in [-0.05, 0) is 299 Å². The molecule has 0 amide bonds. The number of nitrogens with zero attached hydrogens (tertiary/aromatic N) is 4. The third-order valence-electron chi connectivity index (χ3n) is 16.4. The van der Waals surface area contributed by atoms with Gasteiger partial charge >= 0.3 is 0 Å². The summed E-state index contributed by atoms with van der Waals surface area (Å²) in [5.74, 6) is 0. The van der Waals surface area contributed by atoms with Crippen LogP contribution in [0.15, 0.2) is 0 Å². The minimum absolute atomic E-state index is 0.644. The summed E-state index contributed by atoms with van der Waals surface area (Å²) in [6, 6.07) is 0. The molecule has 0 bridgehead atoms. The van der Waals surface area contributed by atoms with Gasteiger partial charge in [-0.2, -0.15) is 0 Å². The van der Waals surface area contributed by atoms with Crippen LogP contribution < -0.4 is 0 Å². The number of hydrogen-bond donors (Lipinski definition) is 0. The first-order valence-electron chi connectivity index (χ1n) is 22.8. The zero-order valence-corrected chi connectivity index (χ0v) is 46.6. The van der Waals surface area contributed by atoms with E-state index < -0.39 is 0 Å². The Kier molecular flexibility index (Phi) is 14.7. The van der Waals surface area contributed by atoms with Crippen molar-refractivity contribution < 1.29 is 0 Å². The van der Waals surface area contributed by atoms with Crippen LogP contribution in [0.3, 0.4) is 0 Å². The molecule has 4 aromatic heterocycles. The lowest BCUT2D eigenvalue weighted by atomic mass is 9.80. The highest BCUT2D eigenvalue weighted by atomic mass is 31.1. The van der Waals surface area contributed by atoms with Crippen molar-refractivity contribution in [2.24, 2.45) is 0 Å². The molecule has 334 valence electrons. The minimum atomic E-state index is 0.644. The predicted molar refractivity (Wildman–Crippen MR) is 283 cm³/mol. The number of benzene rings is 2. The fraction of sp³-hybridized carbons (Fsp3) is 0.481. The van der Waals surface area contributed by atoms with Gasteiger partial charge in [-0.1, -0.05) is 0 Å². The molecular formula is C54H78N4P4. The standard InChI is InChI=1S/C54H78N4P4/c1-27-37(11)49(23-59-55-41(15)29(3)30(4)42(55)16)53(50(38(27)12)24-60-56-43(17)31(5)32(6)44(56)18)54-51(25-61-57-45(19)33(7)34(8)46(57)20)39(13)28(2)40(14)52(54)26-62-58-47(21)35(9)36(10)48(58)22/h59-62H,23-26H2,1-22H3. The number of aromatic nitrogens is 4. The van der Waals surface area contributed by atoms with Crippen LogP contribution in [0.5, 0.6) is 0 Å². The van der Waals surface area contributed by atoms with E-state index in [2.05, 4.69) is 170 Å². The second kappa shape index (κ2) is 18.6. The maximum atomic E-state index is 2.64. The molecule has 0 saturated heterocycles. The van der Waals surface area contributed by atoms with Crippen LogP contribution in [0.1, 0.15) is 146 Å². The zero-order chi connectivity index (χ0) is 46.1. The topological polar surface area (TPSA) is 19.7 Å². The predicted octanol–water partition coefficient (Wildman–Crippen LogP) is 15.9. The molecule has 0 radical (unpaired) electrons. The first-order valence-corrected chi connectivity index (χ1v) is 27.4. The minimum Gasteiger partial charge on any atom is -0.330 e. The Morgan fingerprint density at radius 1 is 0.210 bits per heavy atom. The Morgan fingerprint density at radius 3 is 0.500 bits per heavy atom. The van der Waals surface area contributed by atoms with Gasteiger partial charge in [0.25, 0.3) is 0 Å². The highest BCUT2D eigenvalue weighted by Gasteiger charge is 2.28. The van der Waals surface area contributed by atoms with Gasteiger partial charge in [0.2, 0.25) is 0 Å². The van der Waals surface area contributed by atoms with E-state index >= 15 is 0 Å². The Morgan fingerprint density at radius 2 is 0.355 bits per heavy atom. The Hall–Kier alpha value is -2.72. The van der Waals surface area contributed by atoms with Crippen molar-refractivity contribution in [1.82, 2.24) is 17.4 Å². The van der Waals surface area contributed by atoms with E-state index in [4.69, 9.17) is 0 Å².